The lowest BCUT2D eigenvalue weighted by Crippen LogP contribution is -2.46. The second-order valence-electron chi connectivity index (χ2n) is 6.95. The Hall–Kier alpha value is -1.80. The van der Waals surface area contributed by atoms with Crippen LogP contribution in [0.4, 0.5) is 5.69 Å². The number of nitrogens with one attached hydrogen (secondary N) is 2. The summed E-state index contributed by atoms with van der Waals surface area (Å²) in [6, 6.07) is 10.5. The summed E-state index contributed by atoms with van der Waals surface area (Å²) in [6.07, 6.45) is 0.989. The summed E-state index contributed by atoms with van der Waals surface area (Å²) in [5.41, 5.74) is 1.25. The first-order valence-corrected chi connectivity index (χ1v) is 12.1. The van der Waals surface area contributed by atoms with E-state index in [9.17, 15) is 8.42 Å². The number of hydrogen-bond acceptors (Lipinski definition) is 5. The van der Waals surface area contributed by atoms with Crippen molar-refractivity contribution in [2.45, 2.75) is 20.3 Å². The Bertz CT molecular complexity index is 680. The van der Waals surface area contributed by atoms with E-state index in [0.29, 0.717) is 13.1 Å². The van der Waals surface area contributed by atoms with Crippen molar-refractivity contribution in [2.75, 3.05) is 68.8 Å². The van der Waals surface area contributed by atoms with Gasteiger partial charge in [0, 0.05) is 58.0 Å². The molecule has 0 saturated carbocycles. The average Bonchev–Trinajstić information content (AvgIpc) is 2.70. The van der Waals surface area contributed by atoms with Gasteiger partial charge in [0.15, 0.2) is 15.8 Å². The largest absolute Gasteiger partial charge is 0.372 e. The summed E-state index contributed by atoms with van der Waals surface area (Å²) in [4.78, 5) is 9.22. The van der Waals surface area contributed by atoms with E-state index >= 15 is 0 Å². The van der Waals surface area contributed by atoms with Gasteiger partial charge >= 0.3 is 0 Å². The third-order valence-electron chi connectivity index (χ3n) is 4.86. The molecule has 8 heteroatoms. The number of guanidine groups is 1. The molecule has 158 valence electrons. The maximum atomic E-state index is 11.5. The highest BCUT2D eigenvalue weighted by Crippen LogP contribution is 2.12. The molecule has 2 rings (SSSR count). The van der Waals surface area contributed by atoms with Gasteiger partial charge in [-0.2, -0.15) is 0 Å². The monoisotopic (exact) mass is 409 g/mol. The smallest absolute Gasteiger partial charge is 0.191 e. The Balaban J connectivity index is 1.71. The maximum absolute atomic E-state index is 11.5. The second-order valence-corrected chi connectivity index (χ2v) is 9.25. The van der Waals surface area contributed by atoms with E-state index in [1.807, 2.05) is 6.07 Å². The van der Waals surface area contributed by atoms with Gasteiger partial charge in [0.1, 0.15) is 0 Å². The zero-order valence-corrected chi connectivity index (χ0v) is 18.0. The number of rotatable bonds is 10. The molecule has 1 fully saturated rings. The zero-order valence-electron chi connectivity index (χ0n) is 17.2. The fraction of sp³-hybridized carbons (Fsp3) is 0.650. The van der Waals surface area contributed by atoms with Crippen molar-refractivity contribution in [3.8, 4) is 0 Å². The van der Waals surface area contributed by atoms with E-state index in [1.165, 1.54) is 5.69 Å². The molecule has 0 radical (unpaired) electrons. The van der Waals surface area contributed by atoms with Crippen molar-refractivity contribution < 1.29 is 8.42 Å². The van der Waals surface area contributed by atoms with Crippen LogP contribution in [0.3, 0.4) is 0 Å². The predicted octanol–water partition coefficient (Wildman–Crippen LogP) is 1.19. The third kappa shape index (κ3) is 8.06. The lowest BCUT2D eigenvalue weighted by molar-refractivity contribution is 0.299. The molecule has 0 aliphatic carbocycles. The van der Waals surface area contributed by atoms with Crippen LogP contribution in [0.15, 0.2) is 35.3 Å². The maximum Gasteiger partial charge on any atom is 0.191 e. The summed E-state index contributed by atoms with van der Waals surface area (Å²) in [7, 11) is -2.81. The highest BCUT2D eigenvalue weighted by Gasteiger charge is 2.20. The number of nitrogens with zero attached hydrogens (tertiary/aromatic N) is 3. The van der Waals surface area contributed by atoms with Gasteiger partial charge < -0.3 is 15.5 Å². The minimum Gasteiger partial charge on any atom is -0.372 e. The molecule has 1 aromatic carbocycles. The van der Waals surface area contributed by atoms with E-state index in [2.05, 4.69) is 63.5 Å². The van der Waals surface area contributed by atoms with Gasteiger partial charge in [0.05, 0.1) is 11.5 Å². The van der Waals surface area contributed by atoms with Crippen LogP contribution in [0.25, 0.3) is 0 Å². The van der Waals surface area contributed by atoms with Crippen LogP contribution >= 0.6 is 0 Å². The van der Waals surface area contributed by atoms with Crippen molar-refractivity contribution in [1.29, 1.82) is 0 Å². The molecule has 0 unspecified atom stereocenters. The number of para-hydroxylation sites is 1. The molecule has 28 heavy (non-hydrogen) atoms. The number of hydrogen-bond donors (Lipinski definition) is 2. The van der Waals surface area contributed by atoms with E-state index in [1.54, 1.807) is 0 Å². The molecular weight excluding hydrogens is 374 g/mol. The summed E-state index contributed by atoms with van der Waals surface area (Å²) in [5, 5.41) is 6.63. The van der Waals surface area contributed by atoms with Crippen molar-refractivity contribution in [3.05, 3.63) is 30.3 Å². The molecule has 0 bridgehead atoms. The van der Waals surface area contributed by atoms with E-state index in [0.717, 1.165) is 51.6 Å². The average molecular weight is 410 g/mol. The predicted molar refractivity (Wildman–Crippen MR) is 118 cm³/mol. The lowest BCUT2D eigenvalue weighted by atomic mass is 10.2. The van der Waals surface area contributed by atoms with Gasteiger partial charge in [0.25, 0.3) is 0 Å². The molecule has 2 N–H and O–H groups in total. The highest BCUT2D eigenvalue weighted by atomic mass is 32.2. The van der Waals surface area contributed by atoms with Gasteiger partial charge in [-0.1, -0.05) is 18.2 Å². The van der Waals surface area contributed by atoms with Crippen molar-refractivity contribution >= 4 is 21.5 Å². The Kier molecular flexibility index (Phi) is 9.57. The summed E-state index contributed by atoms with van der Waals surface area (Å²) >= 11 is 0. The van der Waals surface area contributed by atoms with E-state index in [4.69, 9.17) is 0 Å². The fourth-order valence-corrected chi connectivity index (χ4v) is 4.49. The van der Waals surface area contributed by atoms with Crippen LogP contribution < -0.4 is 15.5 Å². The molecule has 1 aliphatic rings. The quantitative estimate of drug-likeness (QED) is 0.343. The minimum absolute atomic E-state index is 0.274. The number of sulfone groups is 1. The molecule has 1 heterocycles. The Morgan fingerprint density at radius 2 is 1.86 bits per heavy atom. The first kappa shape index (κ1) is 22.5. The van der Waals surface area contributed by atoms with Crippen LogP contribution in [0.1, 0.15) is 20.3 Å². The van der Waals surface area contributed by atoms with E-state index in [-0.39, 0.29) is 11.5 Å². The third-order valence-corrected chi connectivity index (χ3v) is 6.47. The Morgan fingerprint density at radius 1 is 1.14 bits per heavy atom. The van der Waals surface area contributed by atoms with Gasteiger partial charge in [-0.05, 0) is 32.4 Å². The van der Waals surface area contributed by atoms with Crippen molar-refractivity contribution in [1.82, 2.24) is 15.5 Å². The minimum atomic E-state index is -2.81. The van der Waals surface area contributed by atoms with E-state index < -0.39 is 9.84 Å². The number of aliphatic imine (C=N–C) groups is 1. The standard InChI is InChI=1S/C20H35N5O2S/c1-3-21-20(23-12-14-24-15-17-28(26,27)18-16-24)22-11-8-13-25(4-2)19-9-6-5-7-10-19/h5-7,9-10H,3-4,8,11-18H2,1-2H3,(H2,21,22,23). The SMILES string of the molecule is CCNC(=NCCCN(CC)c1ccccc1)NCCN1CCS(=O)(=O)CC1. The zero-order chi connectivity index (χ0) is 20.2. The number of benzene rings is 1. The summed E-state index contributed by atoms with van der Waals surface area (Å²) in [5.74, 6) is 1.38. The van der Waals surface area contributed by atoms with Gasteiger partial charge in [-0.15, -0.1) is 0 Å². The Labute approximate surface area is 170 Å². The van der Waals surface area contributed by atoms with Crippen LogP contribution in [0.5, 0.6) is 0 Å². The molecule has 0 atom stereocenters. The summed E-state index contributed by atoms with van der Waals surface area (Å²) in [6.45, 7) is 10.6. The molecule has 0 amide bonds. The van der Waals surface area contributed by atoms with Gasteiger partial charge in [-0.25, -0.2) is 8.42 Å². The molecular formula is C20H35N5O2S. The molecule has 1 aromatic rings. The molecule has 0 spiro atoms. The highest BCUT2D eigenvalue weighted by molar-refractivity contribution is 7.91. The number of anilines is 1. The van der Waals surface area contributed by atoms with Crippen LogP contribution in [-0.2, 0) is 9.84 Å². The summed E-state index contributed by atoms with van der Waals surface area (Å²) < 4.78 is 23.0. The van der Waals surface area contributed by atoms with Crippen molar-refractivity contribution in [3.63, 3.8) is 0 Å². The molecule has 0 aromatic heterocycles. The van der Waals surface area contributed by atoms with Crippen LogP contribution in [0, 0.1) is 0 Å². The lowest BCUT2D eigenvalue weighted by Gasteiger charge is -2.26. The second kappa shape index (κ2) is 11.9. The topological polar surface area (TPSA) is 77.0 Å². The fourth-order valence-electron chi connectivity index (χ4n) is 3.21. The van der Waals surface area contributed by atoms with Gasteiger partial charge in [0.2, 0.25) is 0 Å². The van der Waals surface area contributed by atoms with Crippen molar-refractivity contribution in [2.24, 2.45) is 4.99 Å². The molecule has 7 nitrogen and oxygen atoms in total. The first-order valence-electron chi connectivity index (χ1n) is 10.3. The Morgan fingerprint density at radius 3 is 2.50 bits per heavy atom. The normalized spacial score (nSPS) is 17.3. The van der Waals surface area contributed by atoms with Crippen LogP contribution in [-0.4, -0.2) is 83.1 Å². The first-order chi connectivity index (χ1) is 13.5. The molecule has 1 saturated heterocycles. The van der Waals surface area contributed by atoms with Crippen LogP contribution in [0.2, 0.25) is 0 Å². The molecule has 1 aliphatic heterocycles. The van der Waals surface area contributed by atoms with Gasteiger partial charge in [-0.3, -0.25) is 9.89 Å².